The molecule has 0 aliphatic heterocycles. The molecule has 0 radical (unpaired) electrons. The summed E-state index contributed by atoms with van der Waals surface area (Å²) in [5.41, 5.74) is 1.86. The van der Waals surface area contributed by atoms with Crippen molar-refractivity contribution in [1.82, 2.24) is 4.90 Å². The summed E-state index contributed by atoms with van der Waals surface area (Å²) in [5.74, 6) is -1.03. The molecule has 0 saturated carbocycles. The molecular formula is C18H19ClFN3O2. The number of nitrogens with one attached hydrogen (secondary N) is 2. The van der Waals surface area contributed by atoms with Crippen LogP contribution in [0.3, 0.4) is 0 Å². The Morgan fingerprint density at radius 3 is 2.60 bits per heavy atom. The van der Waals surface area contributed by atoms with E-state index in [1.807, 2.05) is 6.92 Å². The Labute approximate surface area is 150 Å². The minimum atomic E-state index is -0.381. The van der Waals surface area contributed by atoms with Gasteiger partial charge in [-0.3, -0.25) is 9.59 Å². The lowest BCUT2D eigenvalue weighted by molar-refractivity contribution is -0.131. The molecule has 0 heterocycles. The molecular weight excluding hydrogens is 345 g/mol. The van der Waals surface area contributed by atoms with E-state index in [-0.39, 0.29) is 30.7 Å². The lowest BCUT2D eigenvalue weighted by Gasteiger charge is -2.18. The number of aryl methyl sites for hydroxylation is 1. The molecule has 0 unspecified atom stereocenters. The smallest absolute Gasteiger partial charge is 0.244 e. The van der Waals surface area contributed by atoms with Crippen LogP contribution in [0, 0.1) is 12.7 Å². The summed E-state index contributed by atoms with van der Waals surface area (Å²) >= 11 is 5.98. The van der Waals surface area contributed by atoms with Crippen molar-refractivity contribution in [3.63, 3.8) is 0 Å². The van der Waals surface area contributed by atoms with Crippen LogP contribution in [-0.4, -0.2) is 36.9 Å². The third-order valence-electron chi connectivity index (χ3n) is 3.58. The second-order valence-electron chi connectivity index (χ2n) is 5.59. The highest BCUT2D eigenvalue weighted by atomic mass is 35.5. The molecule has 132 valence electrons. The van der Waals surface area contributed by atoms with Crippen LogP contribution >= 0.6 is 11.6 Å². The Hall–Kier alpha value is -2.60. The molecule has 0 spiro atoms. The van der Waals surface area contributed by atoms with E-state index >= 15 is 0 Å². The largest absolute Gasteiger partial charge is 0.376 e. The molecule has 2 aromatic carbocycles. The first-order chi connectivity index (χ1) is 11.9. The normalized spacial score (nSPS) is 10.2. The molecule has 0 atom stereocenters. The van der Waals surface area contributed by atoms with E-state index < -0.39 is 0 Å². The molecule has 2 aromatic rings. The van der Waals surface area contributed by atoms with E-state index in [4.69, 9.17) is 11.6 Å². The van der Waals surface area contributed by atoms with Gasteiger partial charge in [0.2, 0.25) is 11.8 Å². The van der Waals surface area contributed by atoms with Crippen molar-refractivity contribution in [1.29, 1.82) is 0 Å². The van der Waals surface area contributed by atoms with Gasteiger partial charge >= 0.3 is 0 Å². The Morgan fingerprint density at radius 1 is 1.16 bits per heavy atom. The number of carbonyl (C=O) groups excluding carboxylic acids is 2. The third kappa shape index (κ3) is 5.46. The summed E-state index contributed by atoms with van der Waals surface area (Å²) in [6.07, 6.45) is 0. The monoisotopic (exact) mass is 363 g/mol. The van der Waals surface area contributed by atoms with Crippen LogP contribution in [0.25, 0.3) is 0 Å². The van der Waals surface area contributed by atoms with Crippen LogP contribution in [0.1, 0.15) is 5.56 Å². The maximum absolute atomic E-state index is 13.2. The average molecular weight is 364 g/mol. The summed E-state index contributed by atoms with van der Waals surface area (Å²) < 4.78 is 13.2. The first kappa shape index (κ1) is 18.7. The third-order valence-corrected chi connectivity index (χ3v) is 3.91. The summed E-state index contributed by atoms with van der Waals surface area (Å²) in [4.78, 5) is 25.4. The van der Waals surface area contributed by atoms with E-state index in [2.05, 4.69) is 10.6 Å². The van der Waals surface area contributed by atoms with Gasteiger partial charge in [0.05, 0.1) is 23.8 Å². The predicted molar refractivity (Wildman–Crippen MR) is 97.3 cm³/mol. The maximum atomic E-state index is 13.2. The number of para-hydroxylation sites is 1. The standard InChI is InChI=1S/C18H19ClFN3O2/c1-12-7-8-13(20)9-16(12)21-10-18(25)23(2)11-17(24)22-15-6-4-3-5-14(15)19/h3-9,21H,10-11H2,1-2H3,(H,22,24). The van der Waals surface area contributed by atoms with Crippen LogP contribution in [0.4, 0.5) is 15.8 Å². The van der Waals surface area contributed by atoms with E-state index in [9.17, 15) is 14.0 Å². The molecule has 5 nitrogen and oxygen atoms in total. The Balaban J connectivity index is 1.86. The molecule has 2 rings (SSSR count). The average Bonchev–Trinajstić information content (AvgIpc) is 2.57. The zero-order valence-corrected chi connectivity index (χ0v) is 14.7. The molecule has 0 aromatic heterocycles. The lowest BCUT2D eigenvalue weighted by Crippen LogP contribution is -2.38. The molecule has 0 saturated heterocycles. The number of amides is 2. The second kappa shape index (κ2) is 8.48. The first-order valence-electron chi connectivity index (χ1n) is 7.65. The van der Waals surface area contributed by atoms with Gasteiger partial charge in [-0.2, -0.15) is 0 Å². The van der Waals surface area contributed by atoms with E-state index in [0.717, 1.165) is 5.56 Å². The fraction of sp³-hybridized carbons (Fsp3) is 0.222. The minimum Gasteiger partial charge on any atom is -0.376 e. The summed E-state index contributed by atoms with van der Waals surface area (Å²) in [6.45, 7) is 1.65. The van der Waals surface area contributed by atoms with Crippen LogP contribution in [0.15, 0.2) is 42.5 Å². The fourth-order valence-electron chi connectivity index (χ4n) is 2.15. The van der Waals surface area contributed by atoms with Gasteiger partial charge in [-0.1, -0.05) is 29.8 Å². The van der Waals surface area contributed by atoms with Crippen molar-refractivity contribution in [3.05, 3.63) is 58.9 Å². The number of benzene rings is 2. The van der Waals surface area contributed by atoms with Crippen LogP contribution < -0.4 is 10.6 Å². The first-order valence-corrected chi connectivity index (χ1v) is 8.03. The highest BCUT2D eigenvalue weighted by Crippen LogP contribution is 2.20. The van der Waals surface area contributed by atoms with Crippen LogP contribution in [-0.2, 0) is 9.59 Å². The van der Waals surface area contributed by atoms with E-state index in [1.165, 1.54) is 24.1 Å². The Bertz CT molecular complexity index is 783. The zero-order chi connectivity index (χ0) is 18.4. The number of halogens is 2. The second-order valence-corrected chi connectivity index (χ2v) is 6.00. The topological polar surface area (TPSA) is 61.4 Å². The van der Waals surface area contributed by atoms with E-state index in [1.54, 1.807) is 30.3 Å². The van der Waals surface area contributed by atoms with Crippen molar-refractivity contribution in [3.8, 4) is 0 Å². The zero-order valence-electron chi connectivity index (χ0n) is 14.0. The van der Waals surface area contributed by atoms with Gasteiger partial charge in [-0.15, -0.1) is 0 Å². The van der Waals surface area contributed by atoms with E-state index in [0.29, 0.717) is 16.4 Å². The Morgan fingerprint density at radius 2 is 1.88 bits per heavy atom. The molecule has 0 fully saturated rings. The minimum absolute atomic E-state index is 0.0415. The van der Waals surface area contributed by atoms with Gasteiger partial charge in [0.25, 0.3) is 0 Å². The fourth-order valence-corrected chi connectivity index (χ4v) is 2.33. The van der Waals surface area contributed by atoms with Gasteiger partial charge < -0.3 is 15.5 Å². The van der Waals surface area contributed by atoms with Crippen molar-refractivity contribution < 1.29 is 14.0 Å². The SMILES string of the molecule is Cc1ccc(F)cc1NCC(=O)N(C)CC(=O)Nc1ccccc1Cl. The van der Waals surface area contributed by atoms with Crippen LogP contribution in [0.5, 0.6) is 0 Å². The number of hydrogen-bond acceptors (Lipinski definition) is 3. The van der Waals surface area contributed by atoms with Crippen molar-refractivity contribution >= 4 is 34.8 Å². The van der Waals surface area contributed by atoms with Gasteiger partial charge in [0, 0.05) is 12.7 Å². The van der Waals surface area contributed by atoms with Gasteiger partial charge in [0.1, 0.15) is 5.82 Å². The van der Waals surface area contributed by atoms with Gasteiger partial charge in [-0.25, -0.2) is 4.39 Å². The van der Waals surface area contributed by atoms with Crippen molar-refractivity contribution in [2.75, 3.05) is 30.8 Å². The molecule has 2 N–H and O–H groups in total. The maximum Gasteiger partial charge on any atom is 0.244 e. The number of nitrogens with zero attached hydrogens (tertiary/aromatic N) is 1. The quantitative estimate of drug-likeness (QED) is 0.827. The molecule has 0 aliphatic rings. The highest BCUT2D eigenvalue weighted by molar-refractivity contribution is 6.33. The summed E-state index contributed by atoms with van der Waals surface area (Å²) in [5, 5.41) is 5.96. The van der Waals surface area contributed by atoms with Crippen molar-refractivity contribution in [2.45, 2.75) is 6.92 Å². The Kier molecular flexibility index (Phi) is 6.36. The van der Waals surface area contributed by atoms with Crippen LogP contribution in [0.2, 0.25) is 5.02 Å². The highest BCUT2D eigenvalue weighted by Gasteiger charge is 2.14. The van der Waals surface area contributed by atoms with Crippen molar-refractivity contribution in [2.24, 2.45) is 0 Å². The van der Waals surface area contributed by atoms with Gasteiger partial charge in [0.15, 0.2) is 0 Å². The number of rotatable bonds is 6. The number of hydrogen-bond donors (Lipinski definition) is 2. The number of carbonyl (C=O) groups is 2. The summed E-state index contributed by atoms with van der Waals surface area (Å²) in [6, 6.07) is 11.2. The summed E-state index contributed by atoms with van der Waals surface area (Å²) in [7, 11) is 1.52. The van der Waals surface area contributed by atoms with Gasteiger partial charge in [-0.05, 0) is 36.8 Å². The molecule has 2 amide bonds. The predicted octanol–water partition coefficient (Wildman–Crippen LogP) is 3.30. The molecule has 0 bridgehead atoms. The molecule has 25 heavy (non-hydrogen) atoms. The number of likely N-dealkylation sites (N-methyl/N-ethyl adjacent to an activating group) is 1. The number of anilines is 2. The lowest BCUT2D eigenvalue weighted by atomic mass is 10.2. The molecule has 7 heteroatoms. The molecule has 0 aliphatic carbocycles.